The van der Waals surface area contributed by atoms with Crippen LogP contribution in [0.4, 0.5) is 4.39 Å². The van der Waals surface area contributed by atoms with Gasteiger partial charge in [-0.2, -0.15) is 0 Å². The number of halogens is 1. The maximum absolute atomic E-state index is 13.2. The van der Waals surface area contributed by atoms with Gasteiger partial charge >= 0.3 is 0 Å². The maximum atomic E-state index is 13.2. The summed E-state index contributed by atoms with van der Waals surface area (Å²) >= 11 is 0. The molecule has 7 nitrogen and oxygen atoms in total. The number of ether oxygens (including phenoxy) is 1. The van der Waals surface area contributed by atoms with Crippen LogP contribution in [0, 0.1) is 5.82 Å². The molecular weight excluding hydrogens is 409 g/mol. The van der Waals surface area contributed by atoms with E-state index in [9.17, 15) is 17.6 Å². The third kappa shape index (κ3) is 3.98. The lowest BCUT2D eigenvalue weighted by Crippen LogP contribution is -2.16. The largest absolute Gasteiger partial charge is 0.457 e. The summed E-state index contributed by atoms with van der Waals surface area (Å²) in [6.45, 7) is 0.116. The van der Waals surface area contributed by atoms with Crippen molar-refractivity contribution in [3.05, 3.63) is 82.7 Å². The summed E-state index contributed by atoms with van der Waals surface area (Å²) in [4.78, 5) is 15.4. The molecule has 0 saturated carbocycles. The molecule has 0 aliphatic rings. The van der Waals surface area contributed by atoms with Gasteiger partial charge in [-0.15, -0.1) is 0 Å². The fraction of sp³-hybridized carbons (Fsp3) is 0.0952. The van der Waals surface area contributed by atoms with Gasteiger partial charge in [-0.1, -0.05) is 6.07 Å². The second-order valence-corrected chi connectivity index (χ2v) is 7.53. The van der Waals surface area contributed by atoms with Crippen LogP contribution in [0.5, 0.6) is 11.5 Å². The van der Waals surface area contributed by atoms with E-state index in [1.54, 1.807) is 43.7 Å². The summed E-state index contributed by atoms with van der Waals surface area (Å²) in [5.41, 5.74) is 2.40. The summed E-state index contributed by atoms with van der Waals surface area (Å²) in [5.74, 6) is 0.558. The highest BCUT2D eigenvalue weighted by Gasteiger charge is 2.15. The number of rotatable bonds is 6. The topological polar surface area (TPSA) is 93.2 Å². The zero-order valence-electron chi connectivity index (χ0n) is 15.9. The highest BCUT2D eigenvalue weighted by molar-refractivity contribution is 7.70. The molecule has 2 aromatic carbocycles. The number of aromatic nitrogens is 2. The Morgan fingerprint density at radius 1 is 1.10 bits per heavy atom. The van der Waals surface area contributed by atoms with Crippen LogP contribution in [0.15, 0.2) is 65.7 Å². The Balaban J connectivity index is 1.87. The van der Waals surface area contributed by atoms with Crippen LogP contribution in [0.1, 0.15) is 5.56 Å². The molecule has 2 N–H and O–H groups in total. The standard InChI is InChI=1S/C21H18FN3O4S/c1-25-12-18(16-8-9-23-20(16)21(25)26)17-10-13(11-24-30(27)28)2-7-19(17)29-15-5-3-14(22)4-6-15/h2-10,12,23,30H,11H2,1H3,(H,24,27,28). The van der Waals surface area contributed by atoms with Crippen LogP contribution in [0.3, 0.4) is 0 Å². The minimum atomic E-state index is -2.74. The molecule has 4 rings (SSSR count). The summed E-state index contributed by atoms with van der Waals surface area (Å²) in [6, 6.07) is 12.7. The van der Waals surface area contributed by atoms with Crippen LogP contribution in [0.25, 0.3) is 22.0 Å². The number of thiol groups is 1. The first-order valence-corrected chi connectivity index (χ1v) is 10.2. The molecular formula is C21H18FN3O4S. The number of nitrogens with one attached hydrogen (secondary N) is 2. The average Bonchev–Trinajstić information content (AvgIpc) is 3.22. The number of benzene rings is 2. The van der Waals surface area contributed by atoms with Crippen molar-refractivity contribution >= 4 is 21.8 Å². The third-order valence-corrected chi connectivity index (χ3v) is 5.10. The van der Waals surface area contributed by atoms with Gasteiger partial charge < -0.3 is 14.3 Å². The Kier molecular flexibility index (Phi) is 5.39. The third-order valence-electron chi connectivity index (χ3n) is 4.68. The number of pyridine rings is 1. The van der Waals surface area contributed by atoms with Crippen molar-refractivity contribution in [1.82, 2.24) is 14.3 Å². The van der Waals surface area contributed by atoms with Crippen LogP contribution < -0.4 is 15.0 Å². The van der Waals surface area contributed by atoms with Crippen LogP contribution >= 0.6 is 0 Å². The van der Waals surface area contributed by atoms with Gasteiger partial charge in [-0.25, -0.2) is 17.5 Å². The Morgan fingerprint density at radius 2 is 1.87 bits per heavy atom. The van der Waals surface area contributed by atoms with Gasteiger partial charge in [-0.3, -0.25) is 4.79 Å². The summed E-state index contributed by atoms with van der Waals surface area (Å²) in [7, 11) is -1.08. The number of aryl methyl sites for hydroxylation is 1. The molecule has 0 unspecified atom stereocenters. The first-order valence-electron chi connectivity index (χ1n) is 9.03. The number of hydrogen-bond donors (Lipinski definition) is 3. The highest BCUT2D eigenvalue weighted by atomic mass is 32.2. The molecule has 0 atom stereocenters. The van der Waals surface area contributed by atoms with Gasteiger partial charge in [0.05, 0.1) is 0 Å². The minimum Gasteiger partial charge on any atom is -0.457 e. The van der Waals surface area contributed by atoms with Crippen molar-refractivity contribution in [2.45, 2.75) is 6.54 Å². The Hall–Kier alpha value is -3.43. The molecule has 9 heteroatoms. The molecule has 0 aliphatic heterocycles. The number of nitrogens with zero attached hydrogens (tertiary/aromatic N) is 1. The molecule has 0 spiro atoms. The van der Waals surface area contributed by atoms with E-state index in [2.05, 4.69) is 9.71 Å². The van der Waals surface area contributed by atoms with Gasteiger partial charge in [0.1, 0.15) is 22.8 Å². The predicted molar refractivity (Wildman–Crippen MR) is 113 cm³/mol. The molecule has 0 bridgehead atoms. The lowest BCUT2D eigenvalue weighted by Gasteiger charge is -2.15. The second-order valence-electron chi connectivity index (χ2n) is 6.70. The highest BCUT2D eigenvalue weighted by Crippen LogP contribution is 2.37. The second kappa shape index (κ2) is 8.13. The molecule has 2 aromatic heterocycles. The number of aromatic amines is 1. The van der Waals surface area contributed by atoms with E-state index in [0.717, 1.165) is 5.56 Å². The smallest absolute Gasteiger partial charge is 0.274 e. The molecule has 0 aliphatic carbocycles. The Morgan fingerprint density at radius 3 is 2.60 bits per heavy atom. The van der Waals surface area contributed by atoms with Crippen LogP contribution in [-0.2, 0) is 24.5 Å². The van der Waals surface area contributed by atoms with Crippen molar-refractivity contribution in [3.8, 4) is 22.6 Å². The zero-order chi connectivity index (χ0) is 21.3. The van der Waals surface area contributed by atoms with E-state index < -0.39 is 10.9 Å². The predicted octanol–water partition coefficient (Wildman–Crippen LogP) is 3.08. The van der Waals surface area contributed by atoms with Gasteiger partial charge in [-0.05, 0) is 48.0 Å². The molecule has 154 valence electrons. The van der Waals surface area contributed by atoms with Gasteiger partial charge in [0.25, 0.3) is 5.56 Å². The van der Waals surface area contributed by atoms with Gasteiger partial charge in [0, 0.05) is 42.5 Å². The molecule has 0 amide bonds. The van der Waals surface area contributed by atoms with E-state index in [1.807, 2.05) is 0 Å². The minimum absolute atomic E-state index is 0.116. The molecule has 0 saturated heterocycles. The van der Waals surface area contributed by atoms with Crippen molar-refractivity contribution < 1.29 is 17.5 Å². The molecule has 2 heterocycles. The summed E-state index contributed by atoms with van der Waals surface area (Å²) in [6.07, 6.45) is 3.39. The fourth-order valence-electron chi connectivity index (χ4n) is 3.26. The Labute approximate surface area is 172 Å². The van der Waals surface area contributed by atoms with Crippen molar-refractivity contribution in [3.63, 3.8) is 0 Å². The molecule has 0 fully saturated rings. The van der Waals surface area contributed by atoms with Crippen LogP contribution in [0.2, 0.25) is 0 Å². The summed E-state index contributed by atoms with van der Waals surface area (Å²) < 4.78 is 44.9. The quantitative estimate of drug-likeness (QED) is 0.412. The molecule has 4 aromatic rings. The first kappa shape index (κ1) is 19.9. The lowest BCUT2D eigenvalue weighted by atomic mass is 10.0. The van der Waals surface area contributed by atoms with Crippen molar-refractivity contribution in [2.75, 3.05) is 0 Å². The number of fused-ring (bicyclic) bond motifs is 1. The van der Waals surface area contributed by atoms with E-state index in [-0.39, 0.29) is 17.9 Å². The Bertz CT molecular complexity index is 1350. The van der Waals surface area contributed by atoms with Crippen molar-refractivity contribution in [2.24, 2.45) is 7.05 Å². The van der Waals surface area contributed by atoms with E-state index in [4.69, 9.17) is 4.74 Å². The SMILES string of the molecule is Cn1cc(-c2cc(CN[SH](=O)=O)ccc2Oc2ccc(F)cc2)c2cc[nH]c2c1=O. The van der Waals surface area contributed by atoms with E-state index in [0.29, 0.717) is 33.5 Å². The average molecular weight is 427 g/mol. The van der Waals surface area contributed by atoms with Crippen LogP contribution in [-0.4, -0.2) is 18.0 Å². The lowest BCUT2D eigenvalue weighted by molar-refractivity contribution is 0.482. The van der Waals surface area contributed by atoms with Gasteiger partial charge in [0.15, 0.2) is 0 Å². The van der Waals surface area contributed by atoms with Gasteiger partial charge in [0.2, 0.25) is 10.9 Å². The van der Waals surface area contributed by atoms with Crippen molar-refractivity contribution in [1.29, 1.82) is 0 Å². The van der Waals surface area contributed by atoms with E-state index in [1.165, 1.54) is 28.8 Å². The number of hydrogen-bond acceptors (Lipinski definition) is 4. The normalized spacial score (nSPS) is 11.3. The number of H-pyrrole nitrogens is 1. The summed E-state index contributed by atoms with van der Waals surface area (Å²) in [5, 5.41) is 0.710. The fourth-order valence-corrected chi connectivity index (χ4v) is 3.57. The monoisotopic (exact) mass is 427 g/mol. The first-order chi connectivity index (χ1) is 14.4. The van der Waals surface area contributed by atoms with E-state index >= 15 is 0 Å². The zero-order valence-corrected chi connectivity index (χ0v) is 16.8. The molecule has 0 radical (unpaired) electrons. The maximum Gasteiger partial charge on any atom is 0.274 e. The molecule has 30 heavy (non-hydrogen) atoms.